The summed E-state index contributed by atoms with van der Waals surface area (Å²) in [6.45, 7) is 2.30. The van der Waals surface area contributed by atoms with Gasteiger partial charge in [-0.2, -0.15) is 0 Å². The number of hydrogen-bond donors (Lipinski definition) is 1. The smallest absolute Gasteiger partial charge is 0.283 e. The number of carbonyl (C=O) groups excluding carboxylic acids is 1. The van der Waals surface area contributed by atoms with Crippen molar-refractivity contribution in [2.75, 3.05) is 32.9 Å². The molecule has 1 fully saturated rings. The van der Waals surface area contributed by atoms with Gasteiger partial charge in [-0.05, 0) is 44.3 Å². The van der Waals surface area contributed by atoms with Crippen LogP contribution in [0.4, 0.5) is 5.69 Å². The maximum Gasteiger partial charge on any atom is 0.283 e. The number of halogens is 1. The lowest BCUT2D eigenvalue weighted by atomic mass is 10.1. The van der Waals surface area contributed by atoms with Gasteiger partial charge in [0, 0.05) is 24.7 Å². The van der Waals surface area contributed by atoms with Crippen LogP contribution in [0.3, 0.4) is 0 Å². The van der Waals surface area contributed by atoms with E-state index in [1.54, 1.807) is 23.3 Å². The molecule has 1 aromatic carbocycles. The quantitative estimate of drug-likeness (QED) is 0.504. The number of nitrogens with one attached hydrogen (secondary N) is 1. The Labute approximate surface area is 140 Å². The van der Waals surface area contributed by atoms with Crippen LogP contribution in [0.5, 0.6) is 0 Å². The van der Waals surface area contributed by atoms with Gasteiger partial charge < -0.3 is 10.2 Å². The van der Waals surface area contributed by atoms with Gasteiger partial charge in [0.1, 0.15) is 0 Å². The van der Waals surface area contributed by atoms with E-state index in [4.69, 9.17) is 0 Å². The van der Waals surface area contributed by atoms with Gasteiger partial charge in [-0.15, -0.1) is 24.2 Å². The zero-order chi connectivity index (χ0) is 15.4. The van der Waals surface area contributed by atoms with Crippen molar-refractivity contribution in [3.8, 4) is 0 Å². The summed E-state index contributed by atoms with van der Waals surface area (Å²) in [4.78, 5) is 25.4. The fourth-order valence-electron chi connectivity index (χ4n) is 2.62. The molecule has 0 spiro atoms. The summed E-state index contributed by atoms with van der Waals surface area (Å²) >= 11 is 1.31. The predicted molar refractivity (Wildman–Crippen MR) is 90.1 cm³/mol. The van der Waals surface area contributed by atoms with Crippen molar-refractivity contribution < 1.29 is 9.72 Å². The van der Waals surface area contributed by atoms with Crippen LogP contribution in [0.15, 0.2) is 23.1 Å². The molecule has 0 bridgehead atoms. The first-order chi connectivity index (χ1) is 10.1. The summed E-state index contributed by atoms with van der Waals surface area (Å²) in [6, 6.07) is 4.71. The summed E-state index contributed by atoms with van der Waals surface area (Å²) in [5, 5.41) is 14.2. The molecule has 0 radical (unpaired) electrons. The SMILES string of the molecule is CNCC1CCN(C(=O)c2ccc(SC)c([N+](=O)[O-])c2)C1.Cl. The van der Waals surface area contributed by atoms with Crippen LogP contribution in [0.1, 0.15) is 16.8 Å². The third-order valence-electron chi connectivity index (χ3n) is 3.69. The molecule has 22 heavy (non-hydrogen) atoms. The highest BCUT2D eigenvalue weighted by molar-refractivity contribution is 7.98. The second-order valence-electron chi connectivity index (χ2n) is 5.11. The van der Waals surface area contributed by atoms with Crippen molar-refractivity contribution >= 4 is 35.8 Å². The Morgan fingerprint density at radius 2 is 2.27 bits per heavy atom. The molecule has 2 rings (SSSR count). The van der Waals surface area contributed by atoms with Crippen LogP contribution >= 0.6 is 24.2 Å². The molecule has 1 N–H and O–H groups in total. The van der Waals surface area contributed by atoms with Gasteiger partial charge in [-0.25, -0.2) is 0 Å². The van der Waals surface area contributed by atoms with Crippen molar-refractivity contribution in [2.24, 2.45) is 5.92 Å². The number of rotatable bonds is 5. The highest BCUT2D eigenvalue weighted by atomic mass is 35.5. The molecule has 1 unspecified atom stereocenters. The molecule has 1 aliphatic heterocycles. The number of hydrogen-bond acceptors (Lipinski definition) is 5. The average molecular weight is 346 g/mol. The Hall–Kier alpha value is -1.31. The molecule has 0 aliphatic carbocycles. The minimum absolute atomic E-state index is 0. The second kappa shape index (κ2) is 8.36. The van der Waals surface area contributed by atoms with Gasteiger partial charge in [0.25, 0.3) is 11.6 Å². The number of amides is 1. The maximum atomic E-state index is 12.4. The predicted octanol–water partition coefficient (Wildman–Crippen LogP) is 2.42. The maximum absolute atomic E-state index is 12.4. The van der Waals surface area contributed by atoms with E-state index in [1.165, 1.54) is 17.8 Å². The molecule has 1 heterocycles. The molecule has 6 nitrogen and oxygen atoms in total. The van der Waals surface area contributed by atoms with Crippen LogP contribution in [-0.4, -0.2) is 48.7 Å². The molecule has 8 heteroatoms. The Morgan fingerprint density at radius 3 is 2.86 bits per heavy atom. The van der Waals surface area contributed by atoms with Crippen molar-refractivity contribution in [1.29, 1.82) is 0 Å². The number of carbonyl (C=O) groups is 1. The Morgan fingerprint density at radius 1 is 1.55 bits per heavy atom. The number of nitrogens with zero attached hydrogens (tertiary/aromatic N) is 2. The zero-order valence-corrected chi connectivity index (χ0v) is 14.2. The Bertz CT molecular complexity index is 556. The van der Waals surface area contributed by atoms with E-state index in [0.29, 0.717) is 29.5 Å². The fourth-order valence-corrected chi connectivity index (χ4v) is 3.17. The molecular weight excluding hydrogens is 326 g/mol. The van der Waals surface area contributed by atoms with E-state index in [1.807, 2.05) is 7.05 Å². The fraction of sp³-hybridized carbons (Fsp3) is 0.500. The van der Waals surface area contributed by atoms with E-state index >= 15 is 0 Å². The molecule has 0 saturated carbocycles. The van der Waals surface area contributed by atoms with E-state index in [0.717, 1.165) is 13.0 Å². The first-order valence-corrected chi connectivity index (χ1v) is 8.05. The van der Waals surface area contributed by atoms with Gasteiger partial charge in [-0.3, -0.25) is 14.9 Å². The molecule has 1 aliphatic rings. The third-order valence-corrected chi connectivity index (χ3v) is 4.47. The molecule has 1 saturated heterocycles. The van der Waals surface area contributed by atoms with Crippen molar-refractivity contribution in [3.63, 3.8) is 0 Å². The second-order valence-corrected chi connectivity index (χ2v) is 5.96. The zero-order valence-electron chi connectivity index (χ0n) is 12.6. The topological polar surface area (TPSA) is 75.5 Å². The first-order valence-electron chi connectivity index (χ1n) is 6.83. The standard InChI is InChI=1S/C14H19N3O3S.ClH/c1-15-8-10-5-6-16(9-10)14(18)11-3-4-13(21-2)12(7-11)17(19)20;/h3-4,7,10,15H,5-6,8-9H2,1-2H3;1H. The molecule has 122 valence electrons. The monoisotopic (exact) mass is 345 g/mol. The van der Waals surface area contributed by atoms with Crippen LogP contribution in [0, 0.1) is 16.0 Å². The Balaban J connectivity index is 0.00000242. The summed E-state index contributed by atoms with van der Waals surface area (Å²) in [5.41, 5.74) is 0.393. The van der Waals surface area contributed by atoms with Crippen LogP contribution in [-0.2, 0) is 0 Å². The summed E-state index contributed by atoms with van der Waals surface area (Å²) in [6.07, 6.45) is 2.75. The number of nitro groups is 1. The molecule has 0 aromatic heterocycles. The third kappa shape index (κ3) is 4.12. The summed E-state index contributed by atoms with van der Waals surface area (Å²) in [5.74, 6) is 0.337. The van der Waals surface area contributed by atoms with Crippen molar-refractivity contribution in [3.05, 3.63) is 33.9 Å². The van der Waals surface area contributed by atoms with Crippen LogP contribution < -0.4 is 5.32 Å². The molecular formula is C14H20ClN3O3S. The minimum Gasteiger partial charge on any atom is -0.338 e. The lowest BCUT2D eigenvalue weighted by Crippen LogP contribution is -2.30. The van der Waals surface area contributed by atoms with E-state index in [-0.39, 0.29) is 24.0 Å². The average Bonchev–Trinajstić information content (AvgIpc) is 2.94. The highest BCUT2D eigenvalue weighted by Crippen LogP contribution is 2.29. The number of likely N-dealkylation sites (tertiary alicyclic amines) is 1. The largest absolute Gasteiger partial charge is 0.338 e. The van der Waals surface area contributed by atoms with E-state index in [9.17, 15) is 14.9 Å². The lowest BCUT2D eigenvalue weighted by molar-refractivity contribution is -0.387. The van der Waals surface area contributed by atoms with Crippen LogP contribution in [0.25, 0.3) is 0 Å². The lowest BCUT2D eigenvalue weighted by Gasteiger charge is -2.16. The van der Waals surface area contributed by atoms with Gasteiger partial charge in [0.2, 0.25) is 0 Å². The van der Waals surface area contributed by atoms with Crippen molar-refractivity contribution in [1.82, 2.24) is 10.2 Å². The number of benzene rings is 1. The number of nitro benzene ring substituents is 1. The van der Waals surface area contributed by atoms with Crippen molar-refractivity contribution in [2.45, 2.75) is 11.3 Å². The van der Waals surface area contributed by atoms with Gasteiger partial charge >= 0.3 is 0 Å². The summed E-state index contributed by atoms with van der Waals surface area (Å²) in [7, 11) is 1.90. The van der Waals surface area contributed by atoms with Gasteiger partial charge in [-0.1, -0.05) is 0 Å². The normalized spacial score (nSPS) is 17.2. The minimum atomic E-state index is -0.434. The van der Waals surface area contributed by atoms with Gasteiger partial charge in [0.15, 0.2) is 0 Å². The number of thioether (sulfide) groups is 1. The Kier molecular flexibility index (Phi) is 7.12. The van der Waals surface area contributed by atoms with E-state index in [2.05, 4.69) is 5.32 Å². The van der Waals surface area contributed by atoms with E-state index < -0.39 is 4.92 Å². The molecule has 1 atom stereocenters. The van der Waals surface area contributed by atoms with Crippen LogP contribution in [0.2, 0.25) is 0 Å². The first kappa shape index (κ1) is 18.7. The molecule has 1 aromatic rings. The van der Waals surface area contributed by atoms with Gasteiger partial charge in [0.05, 0.1) is 9.82 Å². The highest BCUT2D eigenvalue weighted by Gasteiger charge is 2.27. The molecule has 1 amide bonds. The summed E-state index contributed by atoms with van der Waals surface area (Å²) < 4.78 is 0.